The van der Waals surface area contributed by atoms with E-state index in [1.54, 1.807) is 11.6 Å². The van der Waals surface area contributed by atoms with Crippen molar-refractivity contribution in [2.45, 2.75) is 20.0 Å². The first-order chi connectivity index (χ1) is 16.7. The van der Waals surface area contributed by atoms with E-state index in [4.69, 9.17) is 4.74 Å². The van der Waals surface area contributed by atoms with Gasteiger partial charge in [0.15, 0.2) is 5.69 Å². The minimum atomic E-state index is -4.87. The van der Waals surface area contributed by atoms with Crippen molar-refractivity contribution in [1.82, 2.24) is 19.6 Å². The molecule has 1 amide bonds. The van der Waals surface area contributed by atoms with Crippen LogP contribution in [-0.2, 0) is 10.9 Å². The van der Waals surface area contributed by atoms with Crippen molar-refractivity contribution in [2.75, 3.05) is 11.9 Å². The number of aromatic nitrogens is 4. The topological polar surface area (TPSA) is 91.0 Å². The number of anilines is 1. The van der Waals surface area contributed by atoms with Crippen molar-refractivity contribution in [3.05, 3.63) is 89.5 Å². The second kappa shape index (κ2) is 9.45. The number of carbonyl (C=O) groups is 2. The second-order valence-corrected chi connectivity index (χ2v) is 7.43. The lowest BCUT2D eigenvalue weighted by Gasteiger charge is -2.13. The number of hydrogen-bond donors (Lipinski definition) is 1. The van der Waals surface area contributed by atoms with Crippen LogP contribution in [0.1, 0.15) is 39.0 Å². The zero-order valence-electron chi connectivity index (χ0n) is 18.7. The van der Waals surface area contributed by atoms with Gasteiger partial charge < -0.3 is 10.1 Å². The Morgan fingerprint density at radius 2 is 1.60 bits per heavy atom. The number of benzene rings is 2. The third kappa shape index (κ3) is 4.79. The number of esters is 1. The molecule has 11 heteroatoms. The minimum absolute atomic E-state index is 0.00220. The zero-order chi connectivity index (χ0) is 25.2. The molecule has 0 aliphatic carbocycles. The summed E-state index contributed by atoms with van der Waals surface area (Å²) in [5, 5.41) is 10.7. The van der Waals surface area contributed by atoms with Gasteiger partial charge >= 0.3 is 12.1 Å². The number of hydrogen-bond acceptors (Lipinski definition) is 5. The van der Waals surface area contributed by atoms with E-state index in [2.05, 4.69) is 15.5 Å². The van der Waals surface area contributed by atoms with E-state index >= 15 is 0 Å². The normalized spacial score (nSPS) is 11.3. The summed E-state index contributed by atoms with van der Waals surface area (Å²) in [6, 6.07) is 15.0. The number of nitrogens with zero attached hydrogens (tertiary/aromatic N) is 4. The maximum absolute atomic E-state index is 13.8. The Morgan fingerprint density at radius 1 is 0.943 bits per heavy atom. The molecule has 0 saturated heterocycles. The Kier molecular flexibility index (Phi) is 6.41. The molecule has 2 aromatic carbocycles. The third-order valence-corrected chi connectivity index (χ3v) is 5.14. The molecule has 35 heavy (non-hydrogen) atoms. The summed E-state index contributed by atoms with van der Waals surface area (Å²) < 4.78 is 48.3. The highest BCUT2D eigenvalue weighted by molar-refractivity contribution is 6.05. The molecule has 0 fully saturated rings. The number of ether oxygens (including phenoxy) is 1. The van der Waals surface area contributed by atoms with Gasteiger partial charge in [-0.15, -0.1) is 0 Å². The number of alkyl halides is 3. The highest BCUT2D eigenvalue weighted by Crippen LogP contribution is 2.34. The maximum atomic E-state index is 13.8. The van der Waals surface area contributed by atoms with Crippen molar-refractivity contribution in [3.8, 4) is 11.4 Å². The lowest BCUT2D eigenvalue weighted by Crippen LogP contribution is -2.19. The molecule has 4 rings (SSSR count). The average molecular weight is 483 g/mol. The smallest absolute Gasteiger partial charge is 0.434 e. The number of nitrogens with one attached hydrogen (secondary N) is 1. The third-order valence-electron chi connectivity index (χ3n) is 5.14. The predicted octanol–water partition coefficient (Wildman–Crippen LogP) is 4.81. The van der Waals surface area contributed by atoms with Crippen molar-refractivity contribution in [1.29, 1.82) is 0 Å². The molecule has 8 nitrogen and oxygen atoms in total. The lowest BCUT2D eigenvalue weighted by molar-refractivity contribution is -0.143. The van der Waals surface area contributed by atoms with Gasteiger partial charge in [-0.2, -0.15) is 23.4 Å². The second-order valence-electron chi connectivity index (χ2n) is 7.43. The summed E-state index contributed by atoms with van der Waals surface area (Å²) in [6.45, 7) is 3.15. The molecule has 2 heterocycles. The highest BCUT2D eigenvalue weighted by atomic mass is 19.4. The molecule has 2 aromatic heterocycles. The van der Waals surface area contributed by atoms with Crippen LogP contribution in [0.15, 0.2) is 67.0 Å². The first kappa shape index (κ1) is 23.7. The Hall–Kier alpha value is -4.41. The summed E-state index contributed by atoms with van der Waals surface area (Å²) in [7, 11) is 0. The van der Waals surface area contributed by atoms with Crippen LogP contribution in [0.2, 0.25) is 0 Å². The molecule has 0 bridgehead atoms. The monoisotopic (exact) mass is 483 g/mol. The molecule has 0 saturated carbocycles. The highest BCUT2D eigenvalue weighted by Gasteiger charge is 2.41. The number of para-hydroxylation sites is 1. The minimum Gasteiger partial charge on any atom is -0.462 e. The zero-order valence-corrected chi connectivity index (χ0v) is 18.7. The van der Waals surface area contributed by atoms with Gasteiger partial charge in [0.05, 0.1) is 41.6 Å². The molecular formula is C24H20F3N5O3. The van der Waals surface area contributed by atoms with Gasteiger partial charge in [0.1, 0.15) is 5.56 Å². The van der Waals surface area contributed by atoms with Gasteiger partial charge in [-0.3, -0.25) is 4.79 Å². The molecule has 0 unspecified atom stereocenters. The van der Waals surface area contributed by atoms with Crippen LogP contribution in [0.4, 0.5) is 18.9 Å². The van der Waals surface area contributed by atoms with Gasteiger partial charge in [-0.25, -0.2) is 14.2 Å². The molecule has 0 aliphatic heterocycles. The SMILES string of the molecule is CCOC(=O)c1cnn(-c2cccc(NC(=O)c3cnn(-c4ccccc4)c3C)c2)c1C(F)(F)F. The van der Waals surface area contributed by atoms with Gasteiger partial charge in [0.25, 0.3) is 5.91 Å². The quantitative estimate of drug-likeness (QED) is 0.398. The number of rotatable bonds is 6. The first-order valence-corrected chi connectivity index (χ1v) is 10.5. The average Bonchev–Trinajstić information content (AvgIpc) is 3.44. The molecule has 0 radical (unpaired) electrons. The van der Waals surface area contributed by atoms with Crippen LogP contribution in [0.25, 0.3) is 11.4 Å². The van der Waals surface area contributed by atoms with Gasteiger partial charge in [0.2, 0.25) is 0 Å². The first-order valence-electron chi connectivity index (χ1n) is 10.5. The van der Waals surface area contributed by atoms with Crippen LogP contribution < -0.4 is 5.32 Å². The van der Waals surface area contributed by atoms with Gasteiger partial charge in [0, 0.05) is 5.69 Å². The largest absolute Gasteiger partial charge is 0.462 e. The van der Waals surface area contributed by atoms with E-state index in [0.29, 0.717) is 15.9 Å². The van der Waals surface area contributed by atoms with Crippen molar-refractivity contribution in [2.24, 2.45) is 0 Å². The van der Waals surface area contributed by atoms with Crippen LogP contribution in [0, 0.1) is 6.92 Å². The Labute approximate surface area is 197 Å². The fraction of sp³-hybridized carbons (Fsp3) is 0.167. The lowest BCUT2D eigenvalue weighted by atomic mass is 10.2. The van der Waals surface area contributed by atoms with Gasteiger partial charge in [-0.05, 0) is 44.2 Å². The molecule has 0 spiro atoms. The summed E-state index contributed by atoms with van der Waals surface area (Å²) in [4.78, 5) is 24.9. The number of amides is 1. The van der Waals surface area contributed by atoms with Crippen LogP contribution in [0.5, 0.6) is 0 Å². The summed E-state index contributed by atoms with van der Waals surface area (Å²) in [5.41, 5.74) is -0.0451. The Balaban J connectivity index is 1.63. The fourth-order valence-electron chi connectivity index (χ4n) is 3.55. The summed E-state index contributed by atoms with van der Waals surface area (Å²) >= 11 is 0. The molecule has 180 valence electrons. The van der Waals surface area contributed by atoms with E-state index in [0.717, 1.165) is 11.9 Å². The molecular weight excluding hydrogens is 463 g/mol. The fourth-order valence-corrected chi connectivity index (χ4v) is 3.55. The number of halogens is 3. The van der Waals surface area contributed by atoms with Crippen LogP contribution >= 0.6 is 0 Å². The summed E-state index contributed by atoms with van der Waals surface area (Å²) in [5.74, 6) is -1.60. The van der Waals surface area contributed by atoms with Crippen molar-refractivity contribution < 1.29 is 27.5 Å². The Morgan fingerprint density at radius 3 is 2.29 bits per heavy atom. The standard InChI is InChI=1S/C24H20F3N5O3/c1-3-35-23(34)20-14-29-32(21(20)24(25,26)27)18-11-7-8-16(12-18)30-22(33)19-13-28-31(15(19)2)17-9-5-4-6-10-17/h4-14H,3H2,1-2H3,(H,30,33). The Bertz CT molecular complexity index is 1380. The van der Waals surface area contributed by atoms with E-state index in [1.807, 2.05) is 30.3 Å². The maximum Gasteiger partial charge on any atom is 0.434 e. The van der Waals surface area contributed by atoms with Crippen LogP contribution in [0.3, 0.4) is 0 Å². The molecule has 0 atom stereocenters. The molecule has 0 aliphatic rings. The van der Waals surface area contributed by atoms with Crippen LogP contribution in [-0.4, -0.2) is 38.0 Å². The van der Waals surface area contributed by atoms with E-state index in [1.165, 1.54) is 37.4 Å². The van der Waals surface area contributed by atoms with E-state index in [9.17, 15) is 22.8 Å². The van der Waals surface area contributed by atoms with E-state index < -0.39 is 29.3 Å². The van der Waals surface area contributed by atoms with Crippen molar-refractivity contribution >= 4 is 17.6 Å². The summed E-state index contributed by atoms with van der Waals surface area (Å²) in [6.07, 6.45) is -2.64. The molecule has 1 N–H and O–H groups in total. The van der Waals surface area contributed by atoms with Gasteiger partial charge in [-0.1, -0.05) is 24.3 Å². The predicted molar refractivity (Wildman–Crippen MR) is 121 cm³/mol. The van der Waals surface area contributed by atoms with Crippen molar-refractivity contribution in [3.63, 3.8) is 0 Å². The number of carbonyl (C=O) groups excluding carboxylic acids is 2. The molecule has 4 aromatic rings. The van der Waals surface area contributed by atoms with E-state index in [-0.39, 0.29) is 18.0 Å².